The van der Waals surface area contributed by atoms with Gasteiger partial charge in [-0.25, -0.2) is 0 Å². The highest BCUT2D eigenvalue weighted by Gasteiger charge is 2.31. The van der Waals surface area contributed by atoms with Gasteiger partial charge in [-0.3, -0.25) is 9.00 Å². The molecule has 2 atom stereocenters. The normalized spacial score (nSPS) is 18.6. The molecule has 0 spiro atoms. The van der Waals surface area contributed by atoms with Crippen molar-refractivity contribution in [3.63, 3.8) is 0 Å². The van der Waals surface area contributed by atoms with E-state index in [-0.39, 0.29) is 17.7 Å². The first-order valence-electron chi connectivity index (χ1n) is 7.61. The highest BCUT2D eigenvalue weighted by Crippen LogP contribution is 2.29. The molecule has 1 aromatic carbocycles. The standard InChI is InChI=1S/C16H20F3NO2S/c1-11(15(21)20-14-7-2-3-8-14)23(22)10-12-5-4-6-13(9-12)16(17,18)19/h4-6,9,11,14H,2-3,7-8,10H2,1H3,(H,20,21). The molecule has 0 radical (unpaired) electrons. The third kappa shape index (κ3) is 5.06. The molecule has 0 bridgehead atoms. The predicted molar refractivity (Wildman–Crippen MR) is 83.2 cm³/mol. The Hall–Kier alpha value is -1.37. The van der Waals surface area contributed by atoms with E-state index < -0.39 is 27.8 Å². The minimum atomic E-state index is -4.43. The fourth-order valence-electron chi connectivity index (χ4n) is 2.63. The van der Waals surface area contributed by atoms with Gasteiger partial charge >= 0.3 is 6.18 Å². The molecule has 23 heavy (non-hydrogen) atoms. The van der Waals surface area contributed by atoms with Crippen LogP contribution in [0.3, 0.4) is 0 Å². The summed E-state index contributed by atoms with van der Waals surface area (Å²) in [6.45, 7) is 1.55. The number of carbonyl (C=O) groups excluding carboxylic acids is 1. The number of hydrogen-bond acceptors (Lipinski definition) is 2. The second kappa shape index (κ2) is 7.47. The zero-order valence-corrected chi connectivity index (χ0v) is 13.7. The van der Waals surface area contributed by atoms with Crippen LogP contribution in [0, 0.1) is 0 Å². The lowest BCUT2D eigenvalue weighted by Crippen LogP contribution is -2.40. The van der Waals surface area contributed by atoms with Gasteiger partial charge in [0, 0.05) is 22.6 Å². The molecule has 0 aliphatic heterocycles. The van der Waals surface area contributed by atoms with E-state index in [1.807, 2.05) is 0 Å². The van der Waals surface area contributed by atoms with Gasteiger partial charge in [-0.15, -0.1) is 0 Å². The number of nitrogens with one attached hydrogen (secondary N) is 1. The summed E-state index contributed by atoms with van der Waals surface area (Å²) in [5, 5.41) is 2.12. The molecule has 0 aromatic heterocycles. The van der Waals surface area contributed by atoms with Crippen LogP contribution >= 0.6 is 0 Å². The van der Waals surface area contributed by atoms with Gasteiger partial charge < -0.3 is 5.32 Å². The summed E-state index contributed by atoms with van der Waals surface area (Å²) in [7, 11) is -1.56. The van der Waals surface area contributed by atoms with Crippen LogP contribution in [0.2, 0.25) is 0 Å². The van der Waals surface area contributed by atoms with E-state index >= 15 is 0 Å². The van der Waals surface area contributed by atoms with Gasteiger partial charge in [0.2, 0.25) is 5.91 Å². The van der Waals surface area contributed by atoms with E-state index in [0.29, 0.717) is 5.56 Å². The third-order valence-electron chi connectivity index (χ3n) is 4.03. The monoisotopic (exact) mass is 347 g/mol. The summed E-state index contributed by atoms with van der Waals surface area (Å²) in [6, 6.07) is 4.88. The number of rotatable bonds is 5. The lowest BCUT2D eigenvalue weighted by atomic mass is 10.1. The van der Waals surface area contributed by atoms with Crippen LogP contribution < -0.4 is 5.32 Å². The predicted octanol–water partition coefficient (Wildman–Crippen LogP) is 3.40. The van der Waals surface area contributed by atoms with E-state index in [4.69, 9.17) is 0 Å². The summed E-state index contributed by atoms with van der Waals surface area (Å²) in [5.41, 5.74) is -0.450. The first-order chi connectivity index (χ1) is 10.8. The first-order valence-corrected chi connectivity index (χ1v) is 8.99. The van der Waals surface area contributed by atoms with Crippen molar-refractivity contribution in [3.05, 3.63) is 35.4 Å². The molecule has 0 saturated heterocycles. The van der Waals surface area contributed by atoms with E-state index in [9.17, 15) is 22.2 Å². The molecule has 1 fully saturated rings. The van der Waals surface area contributed by atoms with Crippen molar-refractivity contribution in [1.29, 1.82) is 0 Å². The second-order valence-electron chi connectivity index (χ2n) is 5.86. The molecule has 2 unspecified atom stereocenters. The molecule has 3 nitrogen and oxygen atoms in total. The molecular weight excluding hydrogens is 327 g/mol. The van der Waals surface area contributed by atoms with Crippen molar-refractivity contribution in [3.8, 4) is 0 Å². The Morgan fingerprint density at radius 1 is 1.35 bits per heavy atom. The molecule has 0 heterocycles. The molecule has 1 aromatic rings. The fraction of sp³-hybridized carbons (Fsp3) is 0.562. The average molecular weight is 347 g/mol. The molecule has 1 saturated carbocycles. The Bertz CT molecular complexity index is 583. The molecule has 2 rings (SSSR count). The summed E-state index contributed by atoms with van der Waals surface area (Å²) < 4.78 is 50.3. The fourth-order valence-corrected chi connectivity index (χ4v) is 3.70. The Morgan fingerprint density at radius 2 is 2.00 bits per heavy atom. The van der Waals surface area contributed by atoms with Crippen LogP contribution in [0.4, 0.5) is 13.2 Å². The average Bonchev–Trinajstić information content (AvgIpc) is 2.98. The SMILES string of the molecule is CC(C(=O)NC1CCCC1)S(=O)Cc1cccc(C(F)(F)F)c1. The maximum absolute atomic E-state index is 12.7. The Labute approximate surface area is 136 Å². The van der Waals surface area contributed by atoms with Crippen LogP contribution in [0.15, 0.2) is 24.3 Å². The van der Waals surface area contributed by atoms with Gasteiger partial charge in [0.1, 0.15) is 5.25 Å². The largest absolute Gasteiger partial charge is 0.416 e. The first kappa shape index (κ1) is 18.0. The maximum atomic E-state index is 12.7. The van der Waals surface area contributed by atoms with Crippen molar-refractivity contribution >= 4 is 16.7 Å². The molecular formula is C16H20F3NO2S. The topological polar surface area (TPSA) is 46.2 Å². The molecule has 1 aliphatic rings. The van der Waals surface area contributed by atoms with Crippen molar-refractivity contribution in [2.24, 2.45) is 0 Å². The van der Waals surface area contributed by atoms with Crippen LogP contribution in [-0.2, 0) is 27.5 Å². The van der Waals surface area contributed by atoms with Crippen LogP contribution in [0.25, 0.3) is 0 Å². The number of halogens is 3. The van der Waals surface area contributed by atoms with Gasteiger partial charge in [0.15, 0.2) is 0 Å². The van der Waals surface area contributed by atoms with Crippen molar-refractivity contribution in [2.75, 3.05) is 0 Å². The summed E-state index contributed by atoms with van der Waals surface area (Å²) >= 11 is 0. The van der Waals surface area contributed by atoms with E-state index in [1.54, 1.807) is 6.92 Å². The van der Waals surface area contributed by atoms with Crippen LogP contribution in [0.5, 0.6) is 0 Å². The number of alkyl halides is 3. The lowest BCUT2D eigenvalue weighted by molar-refractivity contribution is -0.137. The van der Waals surface area contributed by atoms with Crippen molar-refractivity contribution in [2.45, 2.75) is 55.8 Å². The van der Waals surface area contributed by atoms with E-state index in [2.05, 4.69) is 5.32 Å². The quantitative estimate of drug-likeness (QED) is 0.887. The molecule has 128 valence electrons. The zero-order valence-electron chi connectivity index (χ0n) is 12.9. The van der Waals surface area contributed by atoms with Crippen LogP contribution in [-0.4, -0.2) is 21.4 Å². The number of benzene rings is 1. The van der Waals surface area contributed by atoms with Crippen LogP contribution in [0.1, 0.15) is 43.7 Å². The Morgan fingerprint density at radius 3 is 2.61 bits per heavy atom. The minimum Gasteiger partial charge on any atom is -0.352 e. The summed E-state index contributed by atoms with van der Waals surface area (Å²) in [6.07, 6.45) is -0.417. The Kier molecular flexibility index (Phi) is 5.84. The molecule has 1 aliphatic carbocycles. The van der Waals surface area contributed by atoms with Gasteiger partial charge in [-0.2, -0.15) is 13.2 Å². The zero-order chi connectivity index (χ0) is 17.0. The molecule has 1 amide bonds. The second-order valence-corrected chi connectivity index (χ2v) is 7.61. The Balaban J connectivity index is 1.96. The maximum Gasteiger partial charge on any atom is 0.416 e. The number of hydrogen-bond donors (Lipinski definition) is 1. The highest BCUT2D eigenvalue weighted by atomic mass is 32.2. The van der Waals surface area contributed by atoms with Gasteiger partial charge in [-0.1, -0.05) is 31.0 Å². The van der Waals surface area contributed by atoms with E-state index in [1.165, 1.54) is 12.1 Å². The minimum absolute atomic E-state index is 0.0663. The van der Waals surface area contributed by atoms with Crippen molar-refractivity contribution < 1.29 is 22.2 Å². The van der Waals surface area contributed by atoms with Gasteiger partial charge in [0.25, 0.3) is 0 Å². The third-order valence-corrected chi connectivity index (χ3v) is 5.65. The number of amides is 1. The van der Waals surface area contributed by atoms with Crippen molar-refractivity contribution in [1.82, 2.24) is 5.32 Å². The number of carbonyl (C=O) groups is 1. The lowest BCUT2D eigenvalue weighted by Gasteiger charge is -2.16. The van der Waals surface area contributed by atoms with Gasteiger partial charge in [0.05, 0.1) is 5.56 Å². The van der Waals surface area contributed by atoms with E-state index in [0.717, 1.165) is 37.8 Å². The highest BCUT2D eigenvalue weighted by molar-refractivity contribution is 7.85. The van der Waals surface area contributed by atoms with Gasteiger partial charge in [-0.05, 0) is 31.4 Å². The smallest absolute Gasteiger partial charge is 0.352 e. The summed E-state index contributed by atoms with van der Waals surface area (Å²) in [4.78, 5) is 12.1. The summed E-state index contributed by atoms with van der Waals surface area (Å²) in [5.74, 6) is -0.356. The molecule has 7 heteroatoms. The molecule has 1 N–H and O–H groups in total.